The minimum absolute atomic E-state index is 0.779. The Bertz CT molecular complexity index is 1180. The van der Waals surface area contributed by atoms with Gasteiger partial charge in [0.1, 0.15) is 0 Å². The van der Waals surface area contributed by atoms with Crippen LogP contribution in [0.25, 0.3) is 33.6 Å². The van der Waals surface area contributed by atoms with Gasteiger partial charge in [-0.3, -0.25) is 0 Å². The summed E-state index contributed by atoms with van der Waals surface area (Å²) in [6.45, 7) is 0. The third kappa shape index (κ3) is 2.65. The molecule has 29 heavy (non-hydrogen) atoms. The zero-order chi connectivity index (χ0) is 19.4. The molecule has 0 aliphatic heterocycles. The predicted octanol–water partition coefficient (Wildman–Crippen LogP) is 6.93. The quantitative estimate of drug-likeness (QED) is 0.341. The van der Waals surface area contributed by atoms with E-state index in [2.05, 4.69) is 60.7 Å². The number of fused-ring (bicyclic) bond motifs is 6. The first-order valence-corrected chi connectivity index (χ1v) is 10.7. The molecule has 0 amide bonds. The molecule has 0 saturated carbocycles. The fraction of sp³-hybridized carbons (Fsp3) is 0.148. The third-order valence-corrected chi connectivity index (χ3v) is 6.62. The number of nitrogens with zero attached hydrogens (tertiary/aromatic N) is 1. The fourth-order valence-corrected chi connectivity index (χ4v) is 5.15. The Morgan fingerprint density at radius 3 is 1.66 bits per heavy atom. The molecule has 3 aromatic carbocycles. The third-order valence-electron chi connectivity index (χ3n) is 6.37. The molecular weight excluding hydrogens is 374 g/mol. The van der Waals surface area contributed by atoms with E-state index in [-0.39, 0.29) is 0 Å². The smallest absolute Gasteiger partial charge is 0.0750 e. The van der Waals surface area contributed by atoms with Crippen LogP contribution in [-0.4, -0.2) is 4.98 Å². The molecule has 0 bridgehead atoms. The van der Waals surface area contributed by atoms with Crippen LogP contribution >= 0.6 is 11.6 Å². The Morgan fingerprint density at radius 2 is 1.10 bits per heavy atom. The fourth-order valence-electron chi connectivity index (χ4n) is 5.02. The van der Waals surface area contributed by atoms with Crippen molar-refractivity contribution in [1.82, 2.24) is 4.98 Å². The SMILES string of the molecule is Clc1ccc(-c2c3c(nc4c2CCc2ccccc2-4)-c2ccccc2CC3)cc1. The topological polar surface area (TPSA) is 12.9 Å². The lowest BCUT2D eigenvalue weighted by atomic mass is 9.78. The molecule has 2 aliphatic carbocycles. The van der Waals surface area contributed by atoms with E-state index in [1.54, 1.807) is 0 Å². The van der Waals surface area contributed by atoms with Gasteiger partial charge >= 0.3 is 0 Å². The maximum atomic E-state index is 6.21. The molecule has 1 heterocycles. The van der Waals surface area contributed by atoms with Crippen LogP contribution < -0.4 is 0 Å². The van der Waals surface area contributed by atoms with Gasteiger partial charge in [0.25, 0.3) is 0 Å². The molecule has 2 heteroatoms. The highest BCUT2D eigenvalue weighted by Crippen LogP contribution is 2.45. The van der Waals surface area contributed by atoms with Crippen molar-refractivity contribution >= 4 is 11.6 Å². The van der Waals surface area contributed by atoms with Crippen LogP contribution in [0, 0.1) is 0 Å². The molecule has 6 rings (SSSR count). The molecular formula is C27H20ClN. The number of aryl methyl sites for hydroxylation is 2. The molecule has 4 aromatic rings. The largest absolute Gasteiger partial charge is 0.247 e. The summed E-state index contributed by atoms with van der Waals surface area (Å²) in [6.07, 6.45) is 4.21. The van der Waals surface area contributed by atoms with Gasteiger partial charge in [0, 0.05) is 16.1 Å². The van der Waals surface area contributed by atoms with E-state index in [0.29, 0.717) is 0 Å². The van der Waals surface area contributed by atoms with E-state index < -0.39 is 0 Å². The second-order valence-corrected chi connectivity index (χ2v) is 8.40. The van der Waals surface area contributed by atoms with Crippen LogP contribution in [0.15, 0.2) is 72.8 Å². The Kier molecular flexibility index (Phi) is 3.85. The van der Waals surface area contributed by atoms with Gasteiger partial charge in [-0.2, -0.15) is 0 Å². The second-order valence-electron chi connectivity index (χ2n) is 7.96. The number of pyridine rings is 1. The van der Waals surface area contributed by atoms with Gasteiger partial charge in [0.15, 0.2) is 0 Å². The summed E-state index contributed by atoms with van der Waals surface area (Å²) in [5.74, 6) is 0. The van der Waals surface area contributed by atoms with Crippen molar-refractivity contribution in [2.24, 2.45) is 0 Å². The summed E-state index contributed by atoms with van der Waals surface area (Å²) >= 11 is 6.21. The van der Waals surface area contributed by atoms with E-state index in [0.717, 1.165) is 42.1 Å². The monoisotopic (exact) mass is 393 g/mol. The summed E-state index contributed by atoms with van der Waals surface area (Å²) in [5, 5.41) is 0.779. The van der Waals surface area contributed by atoms with E-state index >= 15 is 0 Å². The lowest BCUT2D eigenvalue weighted by molar-refractivity contribution is 0.892. The lowest BCUT2D eigenvalue weighted by Crippen LogP contribution is -2.14. The van der Waals surface area contributed by atoms with Gasteiger partial charge in [-0.1, -0.05) is 72.3 Å². The molecule has 0 saturated heterocycles. The highest BCUT2D eigenvalue weighted by atomic mass is 35.5. The van der Waals surface area contributed by atoms with Crippen molar-refractivity contribution in [3.8, 4) is 33.6 Å². The Balaban J connectivity index is 1.71. The summed E-state index contributed by atoms with van der Waals surface area (Å²) in [7, 11) is 0. The van der Waals surface area contributed by atoms with Crippen molar-refractivity contribution in [3.05, 3.63) is 100 Å². The molecule has 2 aliphatic rings. The normalized spacial score (nSPS) is 13.8. The van der Waals surface area contributed by atoms with Crippen LogP contribution in [0.2, 0.25) is 5.02 Å². The second kappa shape index (κ2) is 6.57. The molecule has 0 spiro atoms. The summed E-state index contributed by atoms with van der Waals surface area (Å²) in [6, 6.07) is 25.8. The molecule has 0 fully saturated rings. The standard InChI is InChI=1S/C27H20ClN/c28-20-13-9-19(10-14-20)25-23-15-11-17-5-1-3-7-21(17)26(23)29-27-22-8-4-2-6-18(22)12-16-24(25)27/h1-10,13-14H,11-12,15-16H2. The molecule has 0 unspecified atom stereocenters. The van der Waals surface area contributed by atoms with Crippen molar-refractivity contribution in [3.63, 3.8) is 0 Å². The van der Waals surface area contributed by atoms with Gasteiger partial charge in [0.05, 0.1) is 11.4 Å². The number of rotatable bonds is 1. The molecule has 140 valence electrons. The average Bonchev–Trinajstić information content (AvgIpc) is 2.78. The van der Waals surface area contributed by atoms with Crippen LogP contribution in [0.3, 0.4) is 0 Å². The molecule has 0 N–H and O–H groups in total. The van der Waals surface area contributed by atoms with E-state index in [4.69, 9.17) is 16.6 Å². The first-order chi connectivity index (χ1) is 14.3. The average molecular weight is 394 g/mol. The summed E-state index contributed by atoms with van der Waals surface area (Å²) < 4.78 is 0. The number of benzene rings is 3. The first kappa shape index (κ1) is 17.0. The zero-order valence-corrected chi connectivity index (χ0v) is 16.8. The highest BCUT2D eigenvalue weighted by Gasteiger charge is 2.28. The van der Waals surface area contributed by atoms with Gasteiger partial charge < -0.3 is 0 Å². The Hall–Kier alpha value is -2.90. The maximum Gasteiger partial charge on any atom is 0.0750 e. The Labute approximate surface area is 176 Å². The van der Waals surface area contributed by atoms with Crippen LogP contribution in [0.1, 0.15) is 22.3 Å². The summed E-state index contributed by atoms with van der Waals surface area (Å²) in [4.78, 5) is 5.31. The van der Waals surface area contributed by atoms with Gasteiger partial charge in [-0.15, -0.1) is 0 Å². The van der Waals surface area contributed by atoms with Crippen LogP contribution in [0.5, 0.6) is 0 Å². The van der Waals surface area contributed by atoms with Crippen molar-refractivity contribution in [2.45, 2.75) is 25.7 Å². The van der Waals surface area contributed by atoms with Crippen LogP contribution in [0.4, 0.5) is 0 Å². The van der Waals surface area contributed by atoms with Gasteiger partial charge in [-0.25, -0.2) is 4.98 Å². The minimum Gasteiger partial charge on any atom is -0.247 e. The van der Waals surface area contributed by atoms with Crippen molar-refractivity contribution in [1.29, 1.82) is 0 Å². The highest BCUT2D eigenvalue weighted by molar-refractivity contribution is 6.30. The molecule has 1 aromatic heterocycles. The van der Waals surface area contributed by atoms with Gasteiger partial charge in [0.2, 0.25) is 0 Å². The lowest BCUT2D eigenvalue weighted by Gasteiger charge is -2.29. The first-order valence-electron chi connectivity index (χ1n) is 10.3. The molecule has 0 radical (unpaired) electrons. The van der Waals surface area contributed by atoms with Crippen molar-refractivity contribution < 1.29 is 0 Å². The van der Waals surface area contributed by atoms with Crippen molar-refractivity contribution in [2.75, 3.05) is 0 Å². The summed E-state index contributed by atoms with van der Waals surface area (Å²) in [5.41, 5.74) is 13.1. The van der Waals surface area contributed by atoms with Crippen LogP contribution in [-0.2, 0) is 25.7 Å². The number of hydrogen-bond acceptors (Lipinski definition) is 1. The minimum atomic E-state index is 0.779. The maximum absolute atomic E-state index is 6.21. The zero-order valence-electron chi connectivity index (χ0n) is 16.1. The van der Waals surface area contributed by atoms with E-state index in [1.807, 2.05) is 12.1 Å². The number of halogens is 1. The molecule has 1 nitrogen and oxygen atoms in total. The molecule has 0 atom stereocenters. The predicted molar refractivity (Wildman–Crippen MR) is 120 cm³/mol. The van der Waals surface area contributed by atoms with Gasteiger partial charge in [-0.05, 0) is 71.2 Å². The number of hydrogen-bond donors (Lipinski definition) is 0. The van der Waals surface area contributed by atoms with E-state index in [1.165, 1.54) is 44.5 Å². The number of aromatic nitrogens is 1. The Morgan fingerprint density at radius 1 is 0.586 bits per heavy atom. The van der Waals surface area contributed by atoms with E-state index in [9.17, 15) is 0 Å².